The monoisotopic (exact) mass is 843 g/mol. The van der Waals surface area contributed by atoms with Crippen molar-refractivity contribution in [3.8, 4) is 0 Å². The Labute approximate surface area is 374 Å². The molecule has 0 aliphatic rings. The van der Waals surface area contributed by atoms with Crippen molar-refractivity contribution >= 4 is 11.9 Å². The molecule has 0 aromatic rings. The Hall–Kier alpha value is -1.88. The third kappa shape index (κ3) is 48.8. The van der Waals surface area contributed by atoms with Crippen molar-refractivity contribution in [2.24, 2.45) is 0 Å². The molecule has 352 valence electrons. The Balaban J connectivity index is 4.23. The van der Waals surface area contributed by atoms with Gasteiger partial charge in [0.15, 0.2) is 6.10 Å². The number of carbonyl (C=O) groups is 2. The fourth-order valence-corrected chi connectivity index (χ4v) is 7.64. The highest BCUT2D eigenvalue weighted by Gasteiger charge is 2.17. The van der Waals surface area contributed by atoms with Crippen LogP contribution in [0.5, 0.6) is 0 Å². The lowest BCUT2D eigenvalue weighted by molar-refractivity contribution is -0.163. The lowest BCUT2D eigenvalue weighted by Crippen LogP contribution is -2.30. The number of esters is 2. The van der Waals surface area contributed by atoms with Crippen LogP contribution in [0, 0.1) is 0 Å². The molecule has 1 atom stereocenters. The van der Waals surface area contributed by atoms with E-state index in [1.54, 1.807) is 0 Å². The van der Waals surface area contributed by atoms with Crippen LogP contribution in [0.1, 0.15) is 278 Å². The van der Waals surface area contributed by atoms with Crippen molar-refractivity contribution in [2.45, 2.75) is 284 Å². The third-order valence-corrected chi connectivity index (χ3v) is 11.6. The van der Waals surface area contributed by atoms with Gasteiger partial charge < -0.3 is 14.2 Å². The molecule has 60 heavy (non-hydrogen) atoms. The van der Waals surface area contributed by atoms with Crippen LogP contribution in [0.15, 0.2) is 36.5 Å². The molecular weight excluding hydrogens is 741 g/mol. The molecule has 0 saturated carbocycles. The summed E-state index contributed by atoms with van der Waals surface area (Å²) in [4.78, 5) is 25.4. The largest absolute Gasteiger partial charge is 0.462 e. The molecular formula is C55H102O5. The average Bonchev–Trinajstić information content (AvgIpc) is 3.25. The molecule has 1 unspecified atom stereocenters. The summed E-state index contributed by atoms with van der Waals surface area (Å²) in [6.07, 6.45) is 61.5. The fourth-order valence-electron chi connectivity index (χ4n) is 7.64. The van der Waals surface area contributed by atoms with Crippen molar-refractivity contribution < 1.29 is 23.8 Å². The van der Waals surface area contributed by atoms with Gasteiger partial charge in [0, 0.05) is 19.4 Å². The lowest BCUT2D eigenvalue weighted by atomic mass is 10.0. The van der Waals surface area contributed by atoms with Crippen molar-refractivity contribution in [1.82, 2.24) is 0 Å². The van der Waals surface area contributed by atoms with Gasteiger partial charge in [0.05, 0.1) is 6.61 Å². The van der Waals surface area contributed by atoms with Crippen LogP contribution in [0.25, 0.3) is 0 Å². The standard InChI is InChI=1S/C55H102O5/c1-4-7-10-13-16-19-22-25-27-28-30-31-33-36-39-42-45-48-54(56)59-52-53(51-58-50-47-44-41-38-35-24-21-18-15-12-9-6-3)60-55(57)49-46-43-40-37-34-32-29-26-23-20-17-14-11-8-5-2/h15-16,18-19,25,27,53H,4-14,17,20-24,26,28-52H2,1-3H3/b18-15-,19-16-,27-25-. The van der Waals surface area contributed by atoms with E-state index in [1.165, 1.54) is 193 Å². The predicted molar refractivity (Wildman–Crippen MR) is 261 cm³/mol. The number of carbonyl (C=O) groups excluding carboxylic acids is 2. The second-order valence-electron chi connectivity index (χ2n) is 17.8. The number of hydrogen-bond acceptors (Lipinski definition) is 5. The van der Waals surface area contributed by atoms with E-state index < -0.39 is 6.10 Å². The van der Waals surface area contributed by atoms with Crippen LogP contribution in [0.2, 0.25) is 0 Å². The van der Waals surface area contributed by atoms with E-state index in [2.05, 4.69) is 57.2 Å². The molecule has 0 aliphatic carbocycles. The van der Waals surface area contributed by atoms with Crippen LogP contribution in [0.3, 0.4) is 0 Å². The average molecular weight is 843 g/mol. The summed E-state index contributed by atoms with van der Waals surface area (Å²) in [6, 6.07) is 0. The summed E-state index contributed by atoms with van der Waals surface area (Å²) in [5.41, 5.74) is 0. The zero-order chi connectivity index (χ0) is 43.5. The number of hydrogen-bond donors (Lipinski definition) is 0. The van der Waals surface area contributed by atoms with E-state index in [0.717, 1.165) is 51.4 Å². The summed E-state index contributed by atoms with van der Waals surface area (Å²) >= 11 is 0. The van der Waals surface area contributed by atoms with Crippen LogP contribution in [0.4, 0.5) is 0 Å². The van der Waals surface area contributed by atoms with Gasteiger partial charge in [-0.15, -0.1) is 0 Å². The van der Waals surface area contributed by atoms with Crippen molar-refractivity contribution in [3.05, 3.63) is 36.5 Å². The van der Waals surface area contributed by atoms with E-state index in [4.69, 9.17) is 14.2 Å². The Kier molecular flexibility index (Phi) is 49.9. The molecule has 0 aliphatic heterocycles. The van der Waals surface area contributed by atoms with E-state index in [0.29, 0.717) is 19.4 Å². The summed E-state index contributed by atoms with van der Waals surface area (Å²) < 4.78 is 17.4. The van der Waals surface area contributed by atoms with Crippen LogP contribution in [-0.4, -0.2) is 37.9 Å². The first kappa shape index (κ1) is 58.1. The van der Waals surface area contributed by atoms with Gasteiger partial charge in [-0.25, -0.2) is 0 Å². The Morgan fingerprint density at radius 1 is 0.367 bits per heavy atom. The zero-order valence-electron chi connectivity index (χ0n) is 40.5. The van der Waals surface area contributed by atoms with E-state index in [-0.39, 0.29) is 25.2 Å². The van der Waals surface area contributed by atoms with Crippen molar-refractivity contribution in [2.75, 3.05) is 19.8 Å². The number of ether oxygens (including phenoxy) is 3. The summed E-state index contributed by atoms with van der Waals surface area (Å²) in [7, 11) is 0. The third-order valence-electron chi connectivity index (χ3n) is 11.6. The van der Waals surface area contributed by atoms with Crippen molar-refractivity contribution in [3.63, 3.8) is 0 Å². The number of unbranched alkanes of at least 4 members (excludes halogenated alkanes) is 32. The summed E-state index contributed by atoms with van der Waals surface area (Å²) in [5.74, 6) is -0.395. The maximum atomic E-state index is 12.8. The van der Waals surface area contributed by atoms with Crippen LogP contribution >= 0.6 is 0 Å². The minimum absolute atomic E-state index is 0.0833. The first-order chi connectivity index (χ1) is 29.6. The summed E-state index contributed by atoms with van der Waals surface area (Å²) in [5, 5.41) is 0. The topological polar surface area (TPSA) is 61.8 Å². The van der Waals surface area contributed by atoms with Crippen molar-refractivity contribution in [1.29, 1.82) is 0 Å². The number of rotatable bonds is 49. The normalized spacial score (nSPS) is 12.4. The molecule has 0 N–H and O–H groups in total. The van der Waals surface area contributed by atoms with Gasteiger partial charge in [0.25, 0.3) is 0 Å². The predicted octanol–water partition coefficient (Wildman–Crippen LogP) is 17.8. The van der Waals surface area contributed by atoms with Gasteiger partial charge in [-0.2, -0.15) is 0 Å². The molecule has 0 aromatic carbocycles. The minimum Gasteiger partial charge on any atom is -0.462 e. The second-order valence-corrected chi connectivity index (χ2v) is 17.8. The molecule has 0 amide bonds. The lowest BCUT2D eigenvalue weighted by Gasteiger charge is -2.18. The summed E-state index contributed by atoms with van der Waals surface area (Å²) in [6.45, 7) is 7.79. The molecule has 0 fully saturated rings. The smallest absolute Gasteiger partial charge is 0.306 e. The molecule has 0 bridgehead atoms. The van der Waals surface area contributed by atoms with E-state index >= 15 is 0 Å². The molecule has 0 radical (unpaired) electrons. The van der Waals surface area contributed by atoms with Crippen LogP contribution in [-0.2, 0) is 23.8 Å². The molecule has 0 saturated heterocycles. The Morgan fingerprint density at radius 2 is 0.717 bits per heavy atom. The fraction of sp³-hybridized carbons (Fsp3) is 0.855. The van der Waals surface area contributed by atoms with Gasteiger partial charge in [0.1, 0.15) is 6.61 Å². The maximum Gasteiger partial charge on any atom is 0.306 e. The molecule has 0 heterocycles. The van der Waals surface area contributed by atoms with Gasteiger partial charge in [-0.3, -0.25) is 9.59 Å². The number of allylic oxidation sites excluding steroid dienone is 6. The van der Waals surface area contributed by atoms with Gasteiger partial charge in [0.2, 0.25) is 0 Å². The highest BCUT2D eigenvalue weighted by atomic mass is 16.6. The molecule has 5 nitrogen and oxygen atoms in total. The highest BCUT2D eigenvalue weighted by Crippen LogP contribution is 2.15. The van der Waals surface area contributed by atoms with Gasteiger partial charge >= 0.3 is 11.9 Å². The first-order valence-corrected chi connectivity index (χ1v) is 26.5. The van der Waals surface area contributed by atoms with Gasteiger partial charge in [-0.1, -0.05) is 231 Å². The zero-order valence-corrected chi connectivity index (χ0v) is 40.5. The SMILES string of the molecule is CCCC/C=C\CCCCCCCCOCC(COC(=O)CCCCCCCCC/C=C\C/C=C\CCCCC)OC(=O)CCCCCCCCCCCCCCCCC. The highest BCUT2D eigenvalue weighted by molar-refractivity contribution is 5.70. The quantitative estimate of drug-likeness (QED) is 0.0347. The van der Waals surface area contributed by atoms with Crippen LogP contribution < -0.4 is 0 Å². The second kappa shape index (κ2) is 51.5. The van der Waals surface area contributed by atoms with E-state index in [9.17, 15) is 9.59 Å². The first-order valence-electron chi connectivity index (χ1n) is 26.5. The Bertz CT molecular complexity index is 955. The van der Waals surface area contributed by atoms with E-state index in [1.807, 2.05) is 0 Å². The maximum absolute atomic E-state index is 12.8. The molecule has 0 spiro atoms. The van der Waals surface area contributed by atoms with Gasteiger partial charge in [-0.05, 0) is 70.6 Å². The molecule has 0 aromatic heterocycles. The Morgan fingerprint density at radius 3 is 1.20 bits per heavy atom. The molecule has 0 rings (SSSR count). The molecule has 5 heteroatoms. The minimum atomic E-state index is -0.537.